The van der Waals surface area contributed by atoms with Gasteiger partial charge in [-0.25, -0.2) is 8.42 Å². The topological polar surface area (TPSA) is 86.8 Å². The molecule has 0 saturated carbocycles. The highest BCUT2D eigenvalue weighted by atomic mass is 127. The SMILES string of the molecule is CCNC(=O)[C@H](C)N(Cc1ccccc1Cl)C(=O)CN(c1ccc(I)cc1)S(C)(=O)=O. The van der Waals surface area contributed by atoms with E-state index >= 15 is 0 Å². The summed E-state index contributed by atoms with van der Waals surface area (Å²) in [5.74, 6) is -0.842. The van der Waals surface area contributed by atoms with E-state index in [0.29, 0.717) is 22.8 Å². The van der Waals surface area contributed by atoms with Gasteiger partial charge in [0.15, 0.2) is 0 Å². The maximum atomic E-state index is 13.3. The van der Waals surface area contributed by atoms with Crippen LogP contribution in [0.25, 0.3) is 0 Å². The van der Waals surface area contributed by atoms with Gasteiger partial charge in [-0.2, -0.15) is 0 Å². The molecule has 1 atom stereocenters. The smallest absolute Gasteiger partial charge is 0.244 e. The van der Waals surface area contributed by atoms with Crippen molar-refractivity contribution in [3.63, 3.8) is 0 Å². The van der Waals surface area contributed by atoms with E-state index in [1.54, 1.807) is 62.4 Å². The second kappa shape index (κ2) is 11.1. The molecule has 2 rings (SSSR count). The number of benzene rings is 2. The Morgan fingerprint density at radius 2 is 1.74 bits per heavy atom. The number of halogens is 2. The minimum absolute atomic E-state index is 0.0705. The van der Waals surface area contributed by atoms with Gasteiger partial charge in [0.05, 0.1) is 11.9 Å². The first-order valence-electron chi connectivity index (χ1n) is 9.58. The summed E-state index contributed by atoms with van der Waals surface area (Å²) in [5, 5.41) is 3.16. The summed E-state index contributed by atoms with van der Waals surface area (Å²) in [6.07, 6.45) is 1.05. The molecule has 0 heterocycles. The Hall–Kier alpha value is -1.85. The molecule has 0 saturated heterocycles. The molecule has 0 unspecified atom stereocenters. The summed E-state index contributed by atoms with van der Waals surface area (Å²) < 4.78 is 26.9. The molecule has 0 aliphatic heterocycles. The summed E-state index contributed by atoms with van der Waals surface area (Å²) in [6, 6.07) is 13.0. The van der Waals surface area contributed by atoms with Gasteiger partial charge >= 0.3 is 0 Å². The normalized spacial score (nSPS) is 12.2. The quantitative estimate of drug-likeness (QED) is 0.464. The number of carbonyl (C=O) groups is 2. The molecule has 1 N–H and O–H groups in total. The molecule has 0 aliphatic carbocycles. The average molecular weight is 578 g/mol. The van der Waals surface area contributed by atoms with Crippen LogP contribution >= 0.6 is 34.2 Å². The number of amides is 2. The Morgan fingerprint density at radius 1 is 1.13 bits per heavy atom. The summed E-state index contributed by atoms with van der Waals surface area (Å²) >= 11 is 8.38. The molecule has 2 amide bonds. The highest BCUT2D eigenvalue weighted by Crippen LogP contribution is 2.22. The van der Waals surface area contributed by atoms with Gasteiger partial charge < -0.3 is 10.2 Å². The second-order valence-electron chi connectivity index (χ2n) is 6.93. The van der Waals surface area contributed by atoms with Crippen molar-refractivity contribution in [3.8, 4) is 0 Å². The average Bonchev–Trinajstić information content (AvgIpc) is 2.71. The Labute approximate surface area is 201 Å². The lowest BCUT2D eigenvalue weighted by Gasteiger charge is -2.31. The minimum Gasteiger partial charge on any atom is -0.355 e. The fourth-order valence-electron chi connectivity index (χ4n) is 2.94. The fraction of sp³-hybridized carbons (Fsp3) is 0.333. The maximum absolute atomic E-state index is 13.3. The molecule has 2 aromatic carbocycles. The van der Waals surface area contributed by atoms with Crippen LogP contribution in [0.3, 0.4) is 0 Å². The maximum Gasteiger partial charge on any atom is 0.244 e. The number of likely N-dealkylation sites (N-methyl/N-ethyl adjacent to an activating group) is 1. The lowest BCUT2D eigenvalue weighted by Crippen LogP contribution is -2.51. The number of nitrogens with one attached hydrogen (secondary N) is 1. The van der Waals surface area contributed by atoms with Crippen LogP contribution in [0, 0.1) is 3.57 Å². The van der Waals surface area contributed by atoms with Crippen LogP contribution in [0.5, 0.6) is 0 Å². The summed E-state index contributed by atoms with van der Waals surface area (Å²) in [6.45, 7) is 3.44. The molecule has 0 aromatic heterocycles. The van der Waals surface area contributed by atoms with Crippen molar-refractivity contribution in [2.75, 3.05) is 23.7 Å². The van der Waals surface area contributed by atoms with Crippen LogP contribution in [0.1, 0.15) is 19.4 Å². The summed E-state index contributed by atoms with van der Waals surface area (Å²) in [5.41, 5.74) is 1.04. The van der Waals surface area contributed by atoms with Crippen LogP contribution in [0.2, 0.25) is 5.02 Å². The largest absolute Gasteiger partial charge is 0.355 e. The molecular weight excluding hydrogens is 553 g/mol. The lowest BCUT2D eigenvalue weighted by molar-refractivity contribution is -0.139. The molecule has 168 valence electrons. The number of sulfonamides is 1. The number of carbonyl (C=O) groups excluding carboxylic acids is 2. The van der Waals surface area contributed by atoms with E-state index in [9.17, 15) is 18.0 Å². The van der Waals surface area contributed by atoms with Crippen LogP contribution in [0.4, 0.5) is 5.69 Å². The number of rotatable bonds is 9. The molecule has 0 radical (unpaired) electrons. The highest BCUT2D eigenvalue weighted by molar-refractivity contribution is 14.1. The Bertz CT molecular complexity index is 1030. The molecule has 0 bridgehead atoms. The summed E-state index contributed by atoms with van der Waals surface area (Å²) in [4.78, 5) is 27.1. The summed E-state index contributed by atoms with van der Waals surface area (Å²) in [7, 11) is -3.74. The number of nitrogens with zero attached hydrogens (tertiary/aromatic N) is 2. The zero-order valence-electron chi connectivity index (χ0n) is 17.5. The van der Waals surface area contributed by atoms with Crippen LogP contribution in [-0.2, 0) is 26.2 Å². The lowest BCUT2D eigenvalue weighted by atomic mass is 10.1. The first kappa shape index (κ1) is 25.4. The van der Waals surface area contributed by atoms with Crippen molar-refractivity contribution >= 4 is 61.7 Å². The van der Waals surface area contributed by atoms with Gasteiger partial charge in [0.1, 0.15) is 12.6 Å². The Kier molecular flexibility index (Phi) is 9.14. The van der Waals surface area contributed by atoms with Crippen molar-refractivity contribution < 1.29 is 18.0 Å². The van der Waals surface area contributed by atoms with Crippen LogP contribution < -0.4 is 9.62 Å². The first-order chi connectivity index (χ1) is 14.5. The predicted molar refractivity (Wildman–Crippen MR) is 131 cm³/mol. The van der Waals surface area contributed by atoms with Gasteiger partial charge in [0.2, 0.25) is 21.8 Å². The van der Waals surface area contributed by atoms with E-state index < -0.39 is 28.5 Å². The van der Waals surface area contributed by atoms with Crippen LogP contribution in [-0.4, -0.2) is 50.5 Å². The zero-order chi connectivity index (χ0) is 23.2. The number of anilines is 1. The zero-order valence-corrected chi connectivity index (χ0v) is 21.2. The third-order valence-corrected chi connectivity index (χ3v) is 6.84. The van der Waals surface area contributed by atoms with E-state index in [1.165, 1.54) is 4.90 Å². The molecule has 0 fully saturated rings. The third-order valence-electron chi connectivity index (χ3n) is 4.61. The van der Waals surface area contributed by atoms with Crippen molar-refractivity contribution in [3.05, 3.63) is 62.7 Å². The van der Waals surface area contributed by atoms with Crippen molar-refractivity contribution in [1.82, 2.24) is 10.2 Å². The molecule has 0 spiro atoms. The fourth-order valence-corrected chi connectivity index (χ4v) is 4.34. The van der Waals surface area contributed by atoms with Crippen molar-refractivity contribution in [2.45, 2.75) is 26.4 Å². The van der Waals surface area contributed by atoms with Gasteiger partial charge in [-0.1, -0.05) is 29.8 Å². The van der Waals surface area contributed by atoms with E-state index in [-0.39, 0.29) is 12.5 Å². The molecule has 0 aliphatic rings. The van der Waals surface area contributed by atoms with E-state index in [2.05, 4.69) is 27.9 Å². The molecule has 10 heteroatoms. The van der Waals surface area contributed by atoms with Gasteiger partial charge in [-0.05, 0) is 72.3 Å². The van der Waals surface area contributed by atoms with E-state index in [4.69, 9.17) is 11.6 Å². The van der Waals surface area contributed by atoms with Crippen molar-refractivity contribution in [2.24, 2.45) is 0 Å². The molecule has 7 nitrogen and oxygen atoms in total. The van der Waals surface area contributed by atoms with Gasteiger partial charge in [-0.3, -0.25) is 13.9 Å². The molecular formula is C21H25ClIN3O4S. The van der Waals surface area contributed by atoms with E-state index in [0.717, 1.165) is 14.1 Å². The number of hydrogen-bond donors (Lipinski definition) is 1. The highest BCUT2D eigenvalue weighted by Gasteiger charge is 2.30. The second-order valence-corrected chi connectivity index (χ2v) is 10.5. The minimum atomic E-state index is -3.74. The van der Waals surface area contributed by atoms with Gasteiger partial charge in [0, 0.05) is 21.7 Å². The standard InChI is InChI=1S/C21H25ClIN3O4S/c1-4-24-21(28)15(2)25(13-16-7-5-6-8-19(16)22)20(27)14-26(31(3,29)30)18-11-9-17(23)10-12-18/h5-12,15H,4,13-14H2,1-3H3,(H,24,28)/t15-/m0/s1. The molecule has 2 aromatic rings. The predicted octanol–water partition coefficient (Wildman–Crippen LogP) is 3.26. The Balaban J connectivity index is 2.38. The van der Waals surface area contributed by atoms with Gasteiger partial charge in [-0.15, -0.1) is 0 Å². The number of hydrogen-bond acceptors (Lipinski definition) is 4. The van der Waals surface area contributed by atoms with Crippen LogP contribution in [0.15, 0.2) is 48.5 Å². The molecule has 31 heavy (non-hydrogen) atoms. The van der Waals surface area contributed by atoms with Gasteiger partial charge in [0.25, 0.3) is 0 Å². The monoisotopic (exact) mass is 577 g/mol. The Morgan fingerprint density at radius 3 is 2.29 bits per heavy atom. The van der Waals surface area contributed by atoms with E-state index in [1.807, 2.05) is 0 Å². The van der Waals surface area contributed by atoms with Crippen molar-refractivity contribution in [1.29, 1.82) is 0 Å². The first-order valence-corrected chi connectivity index (χ1v) is 12.9. The third kappa shape index (κ3) is 7.08.